The lowest BCUT2D eigenvalue weighted by molar-refractivity contribution is -0.137. The minimum Gasteiger partial charge on any atom is -0.339 e. The molecule has 0 N–H and O–H groups in total. The van der Waals surface area contributed by atoms with E-state index in [9.17, 15) is 9.59 Å². The van der Waals surface area contributed by atoms with Gasteiger partial charge in [-0.3, -0.25) is 9.59 Å². The Morgan fingerprint density at radius 3 is 2.39 bits per heavy atom. The SMILES string of the molecule is O=C(c1cccc2ccccc12)N1CCC(C(=O)N2CCCC2Cc2ccccc2Cl)CC1. The molecule has 2 aliphatic heterocycles. The third-order valence-corrected chi connectivity index (χ3v) is 7.59. The summed E-state index contributed by atoms with van der Waals surface area (Å²) in [5.41, 5.74) is 1.86. The van der Waals surface area contributed by atoms with Gasteiger partial charge in [-0.2, -0.15) is 0 Å². The van der Waals surface area contributed by atoms with Crippen LogP contribution in [0.25, 0.3) is 10.8 Å². The van der Waals surface area contributed by atoms with Crippen LogP contribution in [0.15, 0.2) is 66.7 Å². The van der Waals surface area contributed by atoms with Crippen LogP contribution >= 0.6 is 11.6 Å². The van der Waals surface area contributed by atoms with Crippen LogP contribution in [0, 0.1) is 5.92 Å². The molecule has 2 aliphatic rings. The predicted octanol–water partition coefficient (Wildman–Crippen LogP) is 5.58. The van der Waals surface area contributed by atoms with Gasteiger partial charge >= 0.3 is 0 Å². The van der Waals surface area contributed by atoms with E-state index in [0.29, 0.717) is 13.1 Å². The average molecular weight is 461 g/mol. The second-order valence-electron chi connectivity index (χ2n) is 9.22. The van der Waals surface area contributed by atoms with Crippen LogP contribution in [-0.2, 0) is 11.2 Å². The van der Waals surface area contributed by atoms with E-state index in [1.54, 1.807) is 0 Å². The van der Waals surface area contributed by atoms with Crippen molar-refractivity contribution >= 4 is 34.2 Å². The van der Waals surface area contributed by atoms with Gasteiger partial charge in [0.25, 0.3) is 5.91 Å². The number of hydrogen-bond donors (Lipinski definition) is 0. The number of nitrogens with zero attached hydrogens (tertiary/aromatic N) is 2. The first-order chi connectivity index (χ1) is 16.1. The van der Waals surface area contributed by atoms with Crippen LogP contribution in [-0.4, -0.2) is 47.3 Å². The van der Waals surface area contributed by atoms with Gasteiger partial charge in [-0.25, -0.2) is 0 Å². The van der Waals surface area contributed by atoms with Crippen molar-refractivity contribution < 1.29 is 9.59 Å². The van der Waals surface area contributed by atoms with Gasteiger partial charge in [0.05, 0.1) is 0 Å². The molecule has 0 spiro atoms. The van der Waals surface area contributed by atoms with E-state index in [-0.39, 0.29) is 23.8 Å². The molecule has 2 amide bonds. The minimum atomic E-state index is -0.00610. The van der Waals surface area contributed by atoms with E-state index in [1.165, 1.54) is 0 Å². The third-order valence-electron chi connectivity index (χ3n) is 7.23. The lowest BCUT2D eigenvalue weighted by Crippen LogP contribution is -2.46. The quantitative estimate of drug-likeness (QED) is 0.510. The number of carbonyl (C=O) groups excluding carboxylic acids is 2. The highest BCUT2D eigenvalue weighted by molar-refractivity contribution is 6.31. The maximum absolute atomic E-state index is 13.4. The molecule has 5 heteroatoms. The molecule has 2 fully saturated rings. The predicted molar refractivity (Wildman–Crippen MR) is 132 cm³/mol. The molecule has 2 heterocycles. The highest BCUT2D eigenvalue weighted by Crippen LogP contribution is 2.29. The first-order valence-electron chi connectivity index (χ1n) is 11.9. The fraction of sp³-hybridized carbons (Fsp3) is 0.357. The van der Waals surface area contributed by atoms with Crippen LogP contribution in [0.1, 0.15) is 41.6 Å². The summed E-state index contributed by atoms with van der Waals surface area (Å²) in [6.45, 7) is 2.08. The molecule has 1 unspecified atom stereocenters. The summed E-state index contributed by atoms with van der Waals surface area (Å²) in [4.78, 5) is 30.6. The number of carbonyl (C=O) groups is 2. The molecule has 2 saturated heterocycles. The number of hydrogen-bond acceptors (Lipinski definition) is 2. The number of benzene rings is 3. The molecule has 0 aromatic heterocycles. The summed E-state index contributed by atoms with van der Waals surface area (Å²) < 4.78 is 0. The average Bonchev–Trinajstić information content (AvgIpc) is 3.32. The van der Waals surface area contributed by atoms with Crippen LogP contribution in [0.3, 0.4) is 0 Å². The normalized spacial score (nSPS) is 19.2. The zero-order valence-corrected chi connectivity index (χ0v) is 19.5. The van der Waals surface area contributed by atoms with Crippen molar-refractivity contribution in [1.29, 1.82) is 0 Å². The molecule has 4 nitrogen and oxygen atoms in total. The monoisotopic (exact) mass is 460 g/mol. The number of piperidine rings is 1. The smallest absolute Gasteiger partial charge is 0.254 e. The Morgan fingerprint density at radius 1 is 0.848 bits per heavy atom. The fourth-order valence-corrected chi connectivity index (χ4v) is 5.62. The van der Waals surface area contributed by atoms with Crippen molar-refractivity contribution in [2.75, 3.05) is 19.6 Å². The Morgan fingerprint density at radius 2 is 1.58 bits per heavy atom. The zero-order chi connectivity index (χ0) is 22.8. The van der Waals surface area contributed by atoms with Crippen LogP contribution in [0.4, 0.5) is 0 Å². The summed E-state index contributed by atoms with van der Waals surface area (Å²) in [7, 11) is 0. The molecule has 33 heavy (non-hydrogen) atoms. The second kappa shape index (κ2) is 9.56. The largest absolute Gasteiger partial charge is 0.339 e. The van der Waals surface area contributed by atoms with Gasteiger partial charge in [0, 0.05) is 42.2 Å². The molecule has 0 bridgehead atoms. The fourth-order valence-electron chi connectivity index (χ4n) is 5.40. The van der Waals surface area contributed by atoms with E-state index in [4.69, 9.17) is 11.6 Å². The summed E-state index contributed by atoms with van der Waals surface area (Å²) in [6, 6.07) is 22.0. The molecule has 170 valence electrons. The molecule has 0 aliphatic carbocycles. The summed E-state index contributed by atoms with van der Waals surface area (Å²) in [5, 5.41) is 2.84. The van der Waals surface area contributed by atoms with E-state index < -0.39 is 0 Å². The lowest BCUT2D eigenvalue weighted by atomic mass is 9.93. The van der Waals surface area contributed by atoms with Crippen LogP contribution < -0.4 is 0 Å². The van der Waals surface area contributed by atoms with Gasteiger partial charge in [-0.1, -0.05) is 66.2 Å². The van der Waals surface area contributed by atoms with E-state index in [0.717, 1.165) is 65.6 Å². The van der Waals surface area contributed by atoms with Gasteiger partial charge in [0.15, 0.2) is 0 Å². The molecule has 5 rings (SSSR count). The van der Waals surface area contributed by atoms with Gasteiger partial charge in [0.1, 0.15) is 0 Å². The lowest BCUT2D eigenvalue weighted by Gasteiger charge is -2.35. The zero-order valence-electron chi connectivity index (χ0n) is 18.8. The van der Waals surface area contributed by atoms with E-state index in [1.807, 2.05) is 65.6 Å². The van der Waals surface area contributed by atoms with Gasteiger partial charge in [-0.05, 0) is 60.6 Å². The summed E-state index contributed by atoms with van der Waals surface area (Å²) in [6.07, 6.45) is 4.33. The molecule has 1 atom stereocenters. The van der Waals surface area contributed by atoms with Crippen molar-refractivity contribution in [2.45, 2.75) is 38.1 Å². The standard InChI is InChI=1S/C28H29ClN2O2/c29-26-13-4-2-8-22(26)19-23-10-6-16-31(23)27(32)21-14-17-30(18-15-21)28(33)25-12-5-9-20-7-1-3-11-24(20)25/h1-5,7-9,11-13,21,23H,6,10,14-19H2. The highest BCUT2D eigenvalue weighted by atomic mass is 35.5. The minimum absolute atomic E-state index is 0.00610. The first kappa shape index (κ1) is 22.0. The van der Waals surface area contributed by atoms with Crippen molar-refractivity contribution in [3.8, 4) is 0 Å². The van der Waals surface area contributed by atoms with E-state index in [2.05, 4.69) is 11.0 Å². The highest BCUT2D eigenvalue weighted by Gasteiger charge is 2.35. The number of rotatable bonds is 4. The first-order valence-corrected chi connectivity index (χ1v) is 12.3. The van der Waals surface area contributed by atoms with Gasteiger partial charge < -0.3 is 9.80 Å². The molecule has 0 radical (unpaired) electrons. The summed E-state index contributed by atoms with van der Waals surface area (Å²) >= 11 is 6.37. The summed E-state index contributed by atoms with van der Waals surface area (Å²) in [5.74, 6) is 0.311. The Kier molecular flexibility index (Phi) is 6.37. The number of amides is 2. The Balaban J connectivity index is 1.23. The van der Waals surface area contributed by atoms with Crippen molar-refractivity contribution in [3.63, 3.8) is 0 Å². The van der Waals surface area contributed by atoms with Crippen LogP contribution in [0.5, 0.6) is 0 Å². The van der Waals surface area contributed by atoms with Crippen molar-refractivity contribution in [3.05, 3.63) is 82.9 Å². The Labute approximate surface area is 200 Å². The third kappa shape index (κ3) is 4.49. The second-order valence-corrected chi connectivity index (χ2v) is 9.62. The Bertz CT molecular complexity index is 1160. The maximum atomic E-state index is 13.4. The van der Waals surface area contributed by atoms with Gasteiger partial charge in [0.2, 0.25) is 5.91 Å². The molecular formula is C28H29ClN2O2. The number of likely N-dealkylation sites (tertiary alicyclic amines) is 2. The maximum Gasteiger partial charge on any atom is 0.254 e. The van der Waals surface area contributed by atoms with Crippen LogP contribution in [0.2, 0.25) is 5.02 Å². The molecular weight excluding hydrogens is 432 g/mol. The molecule has 0 saturated carbocycles. The number of fused-ring (bicyclic) bond motifs is 1. The van der Waals surface area contributed by atoms with Crippen molar-refractivity contribution in [2.24, 2.45) is 5.92 Å². The Hall–Kier alpha value is -2.85. The number of halogens is 1. The van der Waals surface area contributed by atoms with Crippen molar-refractivity contribution in [1.82, 2.24) is 9.80 Å². The molecule has 3 aromatic carbocycles. The molecule has 3 aromatic rings. The van der Waals surface area contributed by atoms with Gasteiger partial charge in [-0.15, -0.1) is 0 Å². The van der Waals surface area contributed by atoms with E-state index >= 15 is 0 Å². The topological polar surface area (TPSA) is 40.6 Å².